The smallest absolute Gasteiger partial charge is 0.324 e. The second-order valence-corrected chi connectivity index (χ2v) is 5.20. The van der Waals surface area contributed by atoms with Crippen molar-refractivity contribution in [3.8, 4) is 0 Å². The van der Waals surface area contributed by atoms with E-state index in [1.807, 2.05) is 0 Å². The number of aromatic nitrogens is 5. The lowest BCUT2D eigenvalue weighted by atomic mass is 10.3. The van der Waals surface area contributed by atoms with E-state index < -0.39 is 12.0 Å². The van der Waals surface area contributed by atoms with Crippen LogP contribution in [0, 0.1) is 6.92 Å². The topological polar surface area (TPSA) is 82.5 Å². The molecule has 0 spiro atoms. The summed E-state index contributed by atoms with van der Waals surface area (Å²) < 4.78 is 39.2. The summed E-state index contributed by atoms with van der Waals surface area (Å²) in [5.41, 5.74) is 6.41. The number of nitrogens with two attached hydrogens (primary N) is 1. The van der Waals surface area contributed by atoms with Crippen LogP contribution in [0.25, 0.3) is 0 Å². The molecule has 0 aliphatic rings. The minimum Gasteiger partial charge on any atom is -0.324 e. The predicted octanol–water partition coefficient (Wildman–Crippen LogP) is 2.11. The molecular formula is C11H14ClF3N6S. The quantitative estimate of drug-likeness (QED) is 0.847. The third kappa shape index (κ3) is 4.08. The highest BCUT2D eigenvalue weighted by atomic mass is 35.5. The molecule has 2 aromatic heterocycles. The molecule has 0 aliphatic carbocycles. The molecule has 0 atom stereocenters. The third-order valence-electron chi connectivity index (χ3n) is 2.80. The Kier molecular flexibility index (Phi) is 6.15. The van der Waals surface area contributed by atoms with Gasteiger partial charge in [-0.1, -0.05) is 11.8 Å². The van der Waals surface area contributed by atoms with Crippen LogP contribution in [0.4, 0.5) is 13.2 Å². The fourth-order valence-corrected chi connectivity index (χ4v) is 2.53. The van der Waals surface area contributed by atoms with Gasteiger partial charge in [-0.15, -0.1) is 22.6 Å². The summed E-state index contributed by atoms with van der Waals surface area (Å²) in [6.45, 7) is 1.79. The molecule has 2 heterocycles. The fraction of sp³-hybridized carbons (Fsp3) is 0.455. The standard InChI is InChI=1S/C11H13F3N6S.ClH/c1-6-7(4-16-9(17-6)11(12,13)14)5-21-10-19-18-8(3-15)20(10)2;/h4H,3,5,15H2,1-2H3;1H. The van der Waals surface area contributed by atoms with Gasteiger partial charge >= 0.3 is 6.18 Å². The van der Waals surface area contributed by atoms with Gasteiger partial charge in [0.2, 0.25) is 5.82 Å². The van der Waals surface area contributed by atoms with Crippen LogP contribution in [0.1, 0.15) is 22.9 Å². The molecule has 0 bridgehead atoms. The SMILES string of the molecule is Cc1nc(C(F)(F)F)ncc1CSc1nnc(CN)n1C.Cl. The molecule has 22 heavy (non-hydrogen) atoms. The maximum absolute atomic E-state index is 12.5. The van der Waals surface area contributed by atoms with E-state index in [2.05, 4.69) is 20.2 Å². The summed E-state index contributed by atoms with van der Waals surface area (Å²) >= 11 is 1.34. The summed E-state index contributed by atoms with van der Waals surface area (Å²) in [6, 6.07) is 0. The molecule has 0 saturated heterocycles. The number of alkyl halides is 3. The van der Waals surface area contributed by atoms with Crippen molar-refractivity contribution < 1.29 is 13.2 Å². The summed E-state index contributed by atoms with van der Waals surface area (Å²) in [5.74, 6) is -0.0868. The zero-order valence-corrected chi connectivity index (χ0v) is 13.4. The Balaban J connectivity index is 0.00000242. The van der Waals surface area contributed by atoms with Crippen molar-refractivity contribution in [3.05, 3.63) is 29.1 Å². The van der Waals surface area contributed by atoms with Crippen molar-refractivity contribution in [1.82, 2.24) is 24.7 Å². The van der Waals surface area contributed by atoms with Gasteiger partial charge in [0.1, 0.15) is 5.82 Å². The fourth-order valence-electron chi connectivity index (χ4n) is 1.56. The van der Waals surface area contributed by atoms with Crippen LogP contribution in [0.2, 0.25) is 0 Å². The first-order valence-electron chi connectivity index (χ1n) is 5.93. The number of aryl methyl sites for hydroxylation is 1. The molecule has 0 radical (unpaired) electrons. The Labute approximate surface area is 135 Å². The average Bonchev–Trinajstić information content (AvgIpc) is 2.77. The van der Waals surface area contributed by atoms with Crippen molar-refractivity contribution in [3.63, 3.8) is 0 Å². The lowest BCUT2D eigenvalue weighted by molar-refractivity contribution is -0.145. The van der Waals surface area contributed by atoms with Crippen molar-refractivity contribution in [2.75, 3.05) is 0 Å². The Bertz CT molecular complexity index is 645. The summed E-state index contributed by atoms with van der Waals surface area (Å²) in [6.07, 6.45) is -3.34. The maximum atomic E-state index is 12.5. The Hall–Kier alpha value is -1.39. The highest BCUT2D eigenvalue weighted by Gasteiger charge is 2.34. The lowest BCUT2D eigenvalue weighted by Gasteiger charge is -2.08. The number of nitrogens with zero attached hydrogens (tertiary/aromatic N) is 5. The third-order valence-corrected chi connectivity index (χ3v) is 3.87. The Morgan fingerprint density at radius 2 is 2.00 bits per heavy atom. The van der Waals surface area contributed by atoms with E-state index in [4.69, 9.17) is 5.73 Å². The van der Waals surface area contributed by atoms with Crippen molar-refractivity contribution in [2.24, 2.45) is 12.8 Å². The number of hydrogen-bond donors (Lipinski definition) is 1. The minimum absolute atomic E-state index is 0. The van der Waals surface area contributed by atoms with Gasteiger partial charge in [0.05, 0.1) is 6.54 Å². The molecule has 2 aromatic rings. The van der Waals surface area contributed by atoms with E-state index in [9.17, 15) is 13.2 Å². The first kappa shape index (κ1) is 18.7. The van der Waals surface area contributed by atoms with Gasteiger partial charge in [0.25, 0.3) is 0 Å². The van der Waals surface area contributed by atoms with E-state index in [0.29, 0.717) is 28.0 Å². The van der Waals surface area contributed by atoms with Gasteiger partial charge in [-0.2, -0.15) is 13.2 Å². The van der Waals surface area contributed by atoms with E-state index in [0.717, 1.165) is 0 Å². The minimum atomic E-state index is -4.53. The average molecular weight is 355 g/mol. The monoisotopic (exact) mass is 354 g/mol. The molecule has 0 aliphatic heterocycles. The van der Waals surface area contributed by atoms with Crippen LogP contribution in [0.15, 0.2) is 11.4 Å². The molecular weight excluding hydrogens is 341 g/mol. The number of thioether (sulfide) groups is 1. The molecule has 0 aromatic carbocycles. The maximum Gasteiger partial charge on any atom is 0.451 e. The Morgan fingerprint density at radius 1 is 1.32 bits per heavy atom. The molecule has 0 saturated carbocycles. The van der Waals surface area contributed by atoms with Crippen LogP contribution < -0.4 is 5.73 Å². The van der Waals surface area contributed by atoms with Gasteiger partial charge < -0.3 is 10.3 Å². The van der Waals surface area contributed by atoms with Gasteiger partial charge in [-0.05, 0) is 6.92 Å². The highest BCUT2D eigenvalue weighted by molar-refractivity contribution is 7.98. The molecule has 2 N–H and O–H groups in total. The van der Waals surface area contributed by atoms with E-state index >= 15 is 0 Å². The lowest BCUT2D eigenvalue weighted by Crippen LogP contribution is -2.12. The second kappa shape index (κ2) is 7.25. The first-order chi connectivity index (χ1) is 9.82. The van der Waals surface area contributed by atoms with Gasteiger partial charge in [0, 0.05) is 30.3 Å². The van der Waals surface area contributed by atoms with Crippen LogP contribution in [0.5, 0.6) is 0 Å². The molecule has 0 amide bonds. The largest absolute Gasteiger partial charge is 0.451 e. The van der Waals surface area contributed by atoms with Gasteiger partial charge in [-0.3, -0.25) is 0 Å². The summed E-state index contributed by atoms with van der Waals surface area (Å²) in [5, 5.41) is 8.50. The van der Waals surface area contributed by atoms with Gasteiger partial charge in [-0.25, -0.2) is 9.97 Å². The van der Waals surface area contributed by atoms with Crippen molar-refractivity contribution in [2.45, 2.75) is 30.6 Å². The second-order valence-electron chi connectivity index (χ2n) is 4.25. The van der Waals surface area contributed by atoms with Crippen molar-refractivity contribution >= 4 is 24.2 Å². The molecule has 6 nitrogen and oxygen atoms in total. The summed E-state index contributed by atoms with van der Waals surface area (Å²) in [4.78, 5) is 6.84. The predicted molar refractivity (Wildman–Crippen MR) is 77.5 cm³/mol. The van der Waals surface area contributed by atoms with Crippen LogP contribution in [-0.4, -0.2) is 24.7 Å². The number of halogens is 4. The first-order valence-corrected chi connectivity index (χ1v) is 6.92. The Morgan fingerprint density at radius 3 is 2.50 bits per heavy atom. The van der Waals surface area contributed by atoms with Crippen LogP contribution >= 0.6 is 24.2 Å². The van der Waals surface area contributed by atoms with Gasteiger partial charge in [0.15, 0.2) is 5.16 Å². The van der Waals surface area contributed by atoms with Crippen LogP contribution in [0.3, 0.4) is 0 Å². The van der Waals surface area contributed by atoms with E-state index in [-0.39, 0.29) is 19.0 Å². The zero-order chi connectivity index (χ0) is 15.6. The molecule has 2 rings (SSSR count). The molecule has 0 fully saturated rings. The number of hydrogen-bond acceptors (Lipinski definition) is 6. The van der Waals surface area contributed by atoms with E-state index in [1.54, 1.807) is 11.6 Å². The molecule has 0 unspecified atom stereocenters. The normalized spacial score (nSPS) is 11.4. The molecule has 11 heteroatoms. The van der Waals surface area contributed by atoms with Crippen molar-refractivity contribution in [1.29, 1.82) is 0 Å². The van der Waals surface area contributed by atoms with Crippen LogP contribution in [-0.2, 0) is 25.5 Å². The summed E-state index contributed by atoms with van der Waals surface area (Å²) in [7, 11) is 1.78. The highest BCUT2D eigenvalue weighted by Crippen LogP contribution is 2.27. The van der Waals surface area contributed by atoms with E-state index in [1.165, 1.54) is 24.9 Å². The zero-order valence-electron chi connectivity index (χ0n) is 11.8. The molecule has 122 valence electrons. The number of rotatable bonds is 4.